The van der Waals surface area contributed by atoms with Crippen molar-refractivity contribution in [2.45, 2.75) is 6.92 Å². The van der Waals surface area contributed by atoms with Crippen molar-refractivity contribution < 1.29 is 19.1 Å². The zero-order valence-electron chi connectivity index (χ0n) is 14.1. The molecule has 0 saturated carbocycles. The van der Waals surface area contributed by atoms with Crippen molar-refractivity contribution >= 4 is 28.7 Å². The van der Waals surface area contributed by atoms with Gasteiger partial charge in [-0.1, -0.05) is 0 Å². The van der Waals surface area contributed by atoms with E-state index in [1.165, 1.54) is 16.9 Å². The molecule has 1 saturated heterocycles. The standard InChI is InChI=1S/C17H18N4O4/c1-11-13(7-12-8-18-4-3-14(12)19-11)17(24)21-6-5-20(15(22)9-21)10-16(23)25-2/h3-4,7-8H,5-6,9-10H2,1-2H3. The third kappa shape index (κ3) is 3.42. The van der Waals surface area contributed by atoms with Gasteiger partial charge in [-0.2, -0.15) is 0 Å². The highest BCUT2D eigenvalue weighted by Gasteiger charge is 2.29. The Morgan fingerprint density at radius 1 is 1.32 bits per heavy atom. The number of esters is 1. The zero-order chi connectivity index (χ0) is 18.0. The maximum Gasteiger partial charge on any atom is 0.325 e. The normalized spacial score (nSPS) is 14.7. The van der Waals surface area contributed by atoms with Gasteiger partial charge in [0.05, 0.1) is 23.9 Å². The van der Waals surface area contributed by atoms with Crippen LogP contribution in [0.3, 0.4) is 0 Å². The smallest absolute Gasteiger partial charge is 0.325 e. The molecule has 1 aliphatic heterocycles. The van der Waals surface area contributed by atoms with E-state index in [9.17, 15) is 14.4 Å². The minimum absolute atomic E-state index is 0.0691. The van der Waals surface area contributed by atoms with Gasteiger partial charge in [0, 0.05) is 30.9 Å². The fraction of sp³-hybridized carbons (Fsp3) is 0.353. The van der Waals surface area contributed by atoms with Gasteiger partial charge >= 0.3 is 5.97 Å². The van der Waals surface area contributed by atoms with Crippen molar-refractivity contribution in [3.8, 4) is 0 Å². The number of carbonyl (C=O) groups excluding carboxylic acids is 3. The SMILES string of the molecule is COC(=O)CN1CCN(C(=O)c2cc3cnccc3nc2C)CC1=O. The summed E-state index contributed by atoms with van der Waals surface area (Å²) < 4.78 is 4.57. The number of pyridine rings is 2. The molecule has 8 nitrogen and oxygen atoms in total. The lowest BCUT2D eigenvalue weighted by atomic mass is 10.1. The van der Waals surface area contributed by atoms with E-state index in [0.717, 1.165) is 10.9 Å². The van der Waals surface area contributed by atoms with Gasteiger partial charge in [-0.05, 0) is 19.1 Å². The second-order valence-electron chi connectivity index (χ2n) is 5.81. The van der Waals surface area contributed by atoms with E-state index in [1.807, 2.05) is 0 Å². The fourth-order valence-electron chi connectivity index (χ4n) is 2.77. The number of carbonyl (C=O) groups is 3. The van der Waals surface area contributed by atoms with E-state index in [0.29, 0.717) is 24.3 Å². The lowest BCUT2D eigenvalue weighted by Crippen LogP contribution is -2.53. The van der Waals surface area contributed by atoms with E-state index in [4.69, 9.17) is 0 Å². The van der Waals surface area contributed by atoms with Gasteiger partial charge in [0.2, 0.25) is 5.91 Å². The molecule has 1 aliphatic rings. The first-order valence-electron chi connectivity index (χ1n) is 7.85. The molecule has 0 spiro atoms. The van der Waals surface area contributed by atoms with Crippen molar-refractivity contribution in [2.75, 3.05) is 33.3 Å². The molecular weight excluding hydrogens is 324 g/mol. The Morgan fingerprint density at radius 3 is 2.84 bits per heavy atom. The Bertz CT molecular complexity index is 852. The summed E-state index contributed by atoms with van der Waals surface area (Å²) in [5.41, 5.74) is 1.82. The summed E-state index contributed by atoms with van der Waals surface area (Å²) in [6.07, 6.45) is 3.30. The molecule has 8 heteroatoms. The molecule has 3 rings (SSSR count). The maximum absolute atomic E-state index is 12.8. The summed E-state index contributed by atoms with van der Waals surface area (Å²) in [4.78, 5) is 47.7. The largest absolute Gasteiger partial charge is 0.468 e. The Balaban J connectivity index is 1.77. The predicted molar refractivity (Wildman–Crippen MR) is 88.8 cm³/mol. The van der Waals surface area contributed by atoms with Crippen LogP contribution in [0, 0.1) is 6.92 Å². The van der Waals surface area contributed by atoms with Crippen molar-refractivity contribution in [2.24, 2.45) is 0 Å². The van der Waals surface area contributed by atoms with Crippen LogP contribution in [0.25, 0.3) is 10.9 Å². The van der Waals surface area contributed by atoms with Gasteiger partial charge in [-0.15, -0.1) is 0 Å². The van der Waals surface area contributed by atoms with Crippen molar-refractivity contribution in [1.82, 2.24) is 19.8 Å². The third-order valence-corrected chi connectivity index (χ3v) is 4.19. The van der Waals surface area contributed by atoms with Crippen LogP contribution in [0.1, 0.15) is 16.1 Å². The van der Waals surface area contributed by atoms with E-state index < -0.39 is 5.97 Å². The van der Waals surface area contributed by atoms with E-state index in [2.05, 4.69) is 14.7 Å². The van der Waals surface area contributed by atoms with Crippen LogP contribution < -0.4 is 0 Å². The molecule has 2 aromatic rings. The highest BCUT2D eigenvalue weighted by Crippen LogP contribution is 2.18. The molecule has 0 radical (unpaired) electrons. The highest BCUT2D eigenvalue weighted by molar-refractivity contribution is 6.00. The van der Waals surface area contributed by atoms with Crippen LogP contribution in [-0.4, -0.2) is 70.8 Å². The van der Waals surface area contributed by atoms with Crippen molar-refractivity contribution in [1.29, 1.82) is 0 Å². The summed E-state index contributed by atoms with van der Waals surface area (Å²) in [7, 11) is 1.27. The van der Waals surface area contributed by atoms with Gasteiger partial charge in [0.15, 0.2) is 0 Å². The number of ether oxygens (including phenoxy) is 1. The van der Waals surface area contributed by atoms with Crippen LogP contribution in [-0.2, 0) is 14.3 Å². The molecule has 2 amide bonds. The minimum atomic E-state index is -0.477. The Kier molecular flexibility index (Phi) is 4.60. The molecular formula is C17H18N4O4. The maximum atomic E-state index is 12.8. The predicted octanol–water partition coefficient (Wildman–Crippen LogP) is 0.396. The molecule has 0 bridgehead atoms. The van der Waals surface area contributed by atoms with Gasteiger partial charge < -0.3 is 14.5 Å². The van der Waals surface area contributed by atoms with Crippen LogP contribution in [0.5, 0.6) is 0 Å². The monoisotopic (exact) mass is 342 g/mol. The fourth-order valence-corrected chi connectivity index (χ4v) is 2.77. The first-order chi connectivity index (χ1) is 12.0. The van der Waals surface area contributed by atoms with E-state index in [-0.39, 0.29) is 24.9 Å². The van der Waals surface area contributed by atoms with E-state index >= 15 is 0 Å². The number of amides is 2. The van der Waals surface area contributed by atoms with Gasteiger partial charge in [0.25, 0.3) is 5.91 Å². The van der Waals surface area contributed by atoms with Gasteiger partial charge in [-0.25, -0.2) is 0 Å². The number of aromatic nitrogens is 2. The average Bonchev–Trinajstić information content (AvgIpc) is 2.62. The number of aryl methyl sites for hydroxylation is 1. The summed E-state index contributed by atoms with van der Waals surface area (Å²) in [6, 6.07) is 3.53. The van der Waals surface area contributed by atoms with Crippen LogP contribution >= 0.6 is 0 Å². The number of piperazine rings is 1. The second kappa shape index (κ2) is 6.84. The van der Waals surface area contributed by atoms with Gasteiger partial charge in [-0.3, -0.25) is 24.4 Å². The molecule has 3 heterocycles. The Labute approximate surface area is 144 Å². The summed E-state index contributed by atoms with van der Waals surface area (Å²) in [5.74, 6) is -1.00. The third-order valence-electron chi connectivity index (χ3n) is 4.19. The molecule has 0 atom stereocenters. The number of nitrogens with zero attached hydrogens (tertiary/aromatic N) is 4. The number of methoxy groups -OCH3 is 1. The van der Waals surface area contributed by atoms with Gasteiger partial charge in [0.1, 0.15) is 13.1 Å². The highest BCUT2D eigenvalue weighted by atomic mass is 16.5. The summed E-state index contributed by atoms with van der Waals surface area (Å²) in [6.45, 7) is 2.25. The summed E-state index contributed by atoms with van der Waals surface area (Å²) >= 11 is 0. The molecule has 2 aromatic heterocycles. The number of hydrogen-bond donors (Lipinski definition) is 0. The van der Waals surface area contributed by atoms with Crippen molar-refractivity contribution in [3.05, 3.63) is 35.8 Å². The molecule has 1 fully saturated rings. The van der Waals surface area contributed by atoms with Crippen LogP contribution in [0.15, 0.2) is 24.5 Å². The summed E-state index contributed by atoms with van der Waals surface area (Å²) in [5, 5.41) is 0.770. The average molecular weight is 342 g/mol. The first-order valence-corrected chi connectivity index (χ1v) is 7.85. The molecule has 25 heavy (non-hydrogen) atoms. The lowest BCUT2D eigenvalue weighted by Gasteiger charge is -2.33. The van der Waals surface area contributed by atoms with Crippen LogP contribution in [0.2, 0.25) is 0 Å². The minimum Gasteiger partial charge on any atom is -0.468 e. The second-order valence-corrected chi connectivity index (χ2v) is 5.81. The molecule has 0 aliphatic carbocycles. The molecule has 0 N–H and O–H groups in total. The van der Waals surface area contributed by atoms with Crippen molar-refractivity contribution in [3.63, 3.8) is 0 Å². The lowest BCUT2D eigenvalue weighted by molar-refractivity contribution is -0.148. The molecule has 0 unspecified atom stereocenters. The Morgan fingerprint density at radius 2 is 2.12 bits per heavy atom. The topological polar surface area (TPSA) is 92.7 Å². The number of rotatable bonds is 3. The zero-order valence-corrected chi connectivity index (χ0v) is 14.1. The molecule has 130 valence electrons. The number of fused-ring (bicyclic) bond motifs is 1. The Hall–Kier alpha value is -3.03. The van der Waals surface area contributed by atoms with E-state index in [1.54, 1.807) is 31.5 Å². The number of hydrogen-bond acceptors (Lipinski definition) is 6. The first kappa shape index (κ1) is 16.8. The van der Waals surface area contributed by atoms with Crippen LogP contribution in [0.4, 0.5) is 0 Å². The molecule has 0 aromatic carbocycles. The quantitative estimate of drug-likeness (QED) is 0.750.